The van der Waals surface area contributed by atoms with Gasteiger partial charge in [0.1, 0.15) is 28.4 Å². The van der Waals surface area contributed by atoms with Gasteiger partial charge in [-0.15, -0.1) is 0 Å². The number of hydrogen-bond acceptors (Lipinski definition) is 4. The molecular formula is C23H23F4N3O3. The third-order valence-corrected chi connectivity index (χ3v) is 4.58. The van der Waals surface area contributed by atoms with E-state index in [2.05, 4.69) is 10.3 Å². The number of benzene rings is 2. The summed E-state index contributed by atoms with van der Waals surface area (Å²) in [6.07, 6.45) is -3.19. The van der Waals surface area contributed by atoms with E-state index in [1.54, 1.807) is 20.8 Å². The highest BCUT2D eigenvalue weighted by Gasteiger charge is 2.19. The lowest BCUT2D eigenvalue weighted by Crippen LogP contribution is -2.33. The lowest BCUT2D eigenvalue weighted by Gasteiger charge is -2.19. The number of alkyl halides is 2. The first-order valence-corrected chi connectivity index (χ1v) is 10.2. The predicted molar refractivity (Wildman–Crippen MR) is 115 cm³/mol. The Kier molecular flexibility index (Phi) is 7.04. The summed E-state index contributed by atoms with van der Waals surface area (Å²) in [6.45, 7) is 5.32. The second-order valence-corrected chi connectivity index (χ2v) is 8.38. The predicted octanol–water partition coefficient (Wildman–Crippen LogP) is 5.06. The van der Waals surface area contributed by atoms with E-state index in [1.807, 2.05) is 0 Å². The average Bonchev–Trinajstić information content (AvgIpc) is 2.69. The highest BCUT2D eigenvalue weighted by atomic mass is 19.3. The first kappa shape index (κ1) is 24.2. The van der Waals surface area contributed by atoms with Crippen LogP contribution < -0.4 is 10.9 Å². The molecule has 1 N–H and O–H groups in total. The van der Waals surface area contributed by atoms with Crippen molar-refractivity contribution in [2.24, 2.45) is 0 Å². The van der Waals surface area contributed by atoms with Gasteiger partial charge >= 0.3 is 6.09 Å². The van der Waals surface area contributed by atoms with Gasteiger partial charge in [-0.1, -0.05) is 6.07 Å². The van der Waals surface area contributed by atoms with Crippen LogP contribution in [0.5, 0.6) is 0 Å². The van der Waals surface area contributed by atoms with Gasteiger partial charge < -0.3 is 10.1 Å². The zero-order chi connectivity index (χ0) is 24.3. The zero-order valence-corrected chi connectivity index (χ0v) is 18.3. The summed E-state index contributed by atoms with van der Waals surface area (Å²) in [6, 6.07) is 6.45. The van der Waals surface area contributed by atoms with Crippen LogP contribution in [0, 0.1) is 11.6 Å². The van der Waals surface area contributed by atoms with Gasteiger partial charge in [-0.2, -0.15) is 0 Å². The first-order chi connectivity index (χ1) is 15.5. The number of alkyl carbamates (subject to hydrolysis) is 1. The quantitative estimate of drug-likeness (QED) is 0.408. The minimum Gasteiger partial charge on any atom is -0.444 e. The van der Waals surface area contributed by atoms with Crippen molar-refractivity contribution in [2.75, 3.05) is 6.54 Å². The molecule has 0 spiro atoms. The molecule has 10 heteroatoms. The summed E-state index contributed by atoms with van der Waals surface area (Å²) in [7, 11) is 0. The van der Waals surface area contributed by atoms with E-state index < -0.39 is 40.9 Å². The highest BCUT2D eigenvalue weighted by Crippen LogP contribution is 2.24. The van der Waals surface area contributed by atoms with E-state index in [1.165, 1.54) is 12.1 Å². The van der Waals surface area contributed by atoms with E-state index in [0.29, 0.717) is 12.5 Å². The highest BCUT2D eigenvalue weighted by molar-refractivity contribution is 5.78. The summed E-state index contributed by atoms with van der Waals surface area (Å²) < 4.78 is 61.0. The van der Waals surface area contributed by atoms with Crippen LogP contribution in [-0.2, 0) is 11.2 Å². The Morgan fingerprint density at radius 1 is 1.18 bits per heavy atom. The number of carbonyl (C=O) groups excluding carboxylic acids is 1. The molecule has 0 bridgehead atoms. The number of nitrogens with one attached hydrogen (secondary N) is 1. The molecule has 1 heterocycles. The van der Waals surface area contributed by atoms with Crippen molar-refractivity contribution in [3.8, 4) is 5.69 Å². The number of rotatable bonds is 6. The maximum absolute atomic E-state index is 14.4. The summed E-state index contributed by atoms with van der Waals surface area (Å²) in [5.41, 5.74) is -2.25. The molecule has 0 fully saturated rings. The standard InChI is InChI=1S/C23H23F4N3O3/c1-23(2,3)33-22(32)28-9-5-8-18-29-17-7-4-6-16(25)19(17)21(31)30(18)15-11-13(20(26)27)10-14(24)12-15/h4,6-7,10-12,20H,5,8-9H2,1-3H3,(H,28,32). The van der Waals surface area contributed by atoms with Crippen LogP contribution in [0.2, 0.25) is 0 Å². The van der Waals surface area contributed by atoms with Crippen LogP contribution in [-0.4, -0.2) is 27.8 Å². The Morgan fingerprint density at radius 3 is 2.58 bits per heavy atom. The molecule has 0 saturated heterocycles. The van der Waals surface area contributed by atoms with Crippen molar-refractivity contribution >= 4 is 17.0 Å². The molecule has 3 rings (SSSR count). The van der Waals surface area contributed by atoms with Crippen LogP contribution in [0.4, 0.5) is 22.4 Å². The zero-order valence-electron chi connectivity index (χ0n) is 18.3. The molecule has 0 atom stereocenters. The second-order valence-electron chi connectivity index (χ2n) is 8.38. The number of aryl methyl sites for hydroxylation is 1. The van der Waals surface area contributed by atoms with E-state index in [4.69, 9.17) is 4.74 Å². The van der Waals surface area contributed by atoms with Crippen LogP contribution in [0.1, 0.15) is 45.0 Å². The minimum atomic E-state index is -2.97. The average molecular weight is 465 g/mol. The van der Waals surface area contributed by atoms with Crippen LogP contribution in [0.15, 0.2) is 41.2 Å². The molecule has 33 heavy (non-hydrogen) atoms. The Labute approximate surface area is 187 Å². The number of amides is 1. The lowest BCUT2D eigenvalue weighted by atomic mass is 10.1. The fraction of sp³-hybridized carbons (Fsp3) is 0.348. The summed E-state index contributed by atoms with van der Waals surface area (Å²) in [5.74, 6) is -1.70. The van der Waals surface area contributed by atoms with Crippen LogP contribution in [0.25, 0.3) is 16.6 Å². The van der Waals surface area contributed by atoms with Crippen molar-refractivity contribution in [1.29, 1.82) is 0 Å². The van der Waals surface area contributed by atoms with Crippen molar-refractivity contribution in [3.63, 3.8) is 0 Å². The lowest BCUT2D eigenvalue weighted by molar-refractivity contribution is 0.0527. The minimum absolute atomic E-state index is 0.0804. The van der Waals surface area contributed by atoms with Crippen LogP contribution >= 0.6 is 0 Å². The number of carbonyl (C=O) groups is 1. The summed E-state index contributed by atoms with van der Waals surface area (Å²) >= 11 is 0. The van der Waals surface area contributed by atoms with Crippen molar-refractivity contribution in [3.05, 3.63) is 69.8 Å². The molecule has 0 aliphatic carbocycles. The van der Waals surface area contributed by atoms with E-state index in [9.17, 15) is 27.2 Å². The smallest absolute Gasteiger partial charge is 0.407 e. The summed E-state index contributed by atoms with van der Waals surface area (Å²) in [4.78, 5) is 29.3. The Morgan fingerprint density at radius 2 is 1.91 bits per heavy atom. The SMILES string of the molecule is CC(C)(C)OC(=O)NCCCc1nc2cccc(F)c2c(=O)n1-c1cc(F)cc(C(F)F)c1. The number of hydrogen-bond donors (Lipinski definition) is 1. The number of aromatic nitrogens is 2. The van der Waals surface area contributed by atoms with Gasteiger partial charge in [0.25, 0.3) is 12.0 Å². The van der Waals surface area contributed by atoms with Gasteiger partial charge in [0, 0.05) is 18.5 Å². The second kappa shape index (κ2) is 9.60. The van der Waals surface area contributed by atoms with Gasteiger partial charge in [-0.25, -0.2) is 27.3 Å². The Balaban J connectivity index is 1.99. The van der Waals surface area contributed by atoms with E-state index >= 15 is 0 Å². The number of halogens is 4. The number of nitrogens with zero attached hydrogens (tertiary/aromatic N) is 2. The number of ether oxygens (including phenoxy) is 1. The van der Waals surface area contributed by atoms with Gasteiger partial charge in [0.15, 0.2) is 0 Å². The normalized spacial score (nSPS) is 11.8. The molecular weight excluding hydrogens is 442 g/mol. The molecule has 6 nitrogen and oxygen atoms in total. The van der Waals surface area contributed by atoms with Crippen LogP contribution in [0.3, 0.4) is 0 Å². The summed E-state index contributed by atoms with van der Waals surface area (Å²) in [5, 5.41) is 2.23. The molecule has 0 radical (unpaired) electrons. The molecule has 0 aliphatic heterocycles. The molecule has 1 amide bonds. The largest absolute Gasteiger partial charge is 0.444 e. The van der Waals surface area contributed by atoms with Gasteiger partial charge in [-0.3, -0.25) is 9.36 Å². The monoisotopic (exact) mass is 465 g/mol. The third kappa shape index (κ3) is 5.88. The van der Waals surface area contributed by atoms with E-state index in [-0.39, 0.29) is 35.4 Å². The van der Waals surface area contributed by atoms with Gasteiger partial charge in [-0.05, 0) is 57.5 Å². The van der Waals surface area contributed by atoms with Crippen molar-refractivity contribution < 1.29 is 27.1 Å². The Bertz CT molecular complexity index is 1240. The topological polar surface area (TPSA) is 73.2 Å². The maximum atomic E-state index is 14.4. The maximum Gasteiger partial charge on any atom is 0.407 e. The fourth-order valence-corrected chi connectivity index (χ4v) is 3.27. The van der Waals surface area contributed by atoms with Gasteiger partial charge in [0.05, 0.1) is 11.2 Å². The molecule has 0 aliphatic rings. The molecule has 176 valence electrons. The molecule has 3 aromatic rings. The molecule has 2 aromatic carbocycles. The Hall–Kier alpha value is -3.43. The fourth-order valence-electron chi connectivity index (χ4n) is 3.27. The van der Waals surface area contributed by atoms with E-state index in [0.717, 1.165) is 22.8 Å². The molecule has 1 aromatic heterocycles. The first-order valence-electron chi connectivity index (χ1n) is 10.2. The molecule has 0 unspecified atom stereocenters. The van der Waals surface area contributed by atoms with Gasteiger partial charge in [0.2, 0.25) is 0 Å². The molecule has 0 saturated carbocycles. The number of fused-ring (bicyclic) bond motifs is 1. The third-order valence-electron chi connectivity index (χ3n) is 4.58. The van der Waals surface area contributed by atoms with Crippen molar-refractivity contribution in [1.82, 2.24) is 14.9 Å². The van der Waals surface area contributed by atoms with Crippen molar-refractivity contribution in [2.45, 2.75) is 45.6 Å².